The third-order valence-electron chi connectivity index (χ3n) is 4.08. The molecule has 0 aliphatic rings. The van der Waals surface area contributed by atoms with Crippen LogP contribution in [0.5, 0.6) is 5.75 Å². The molecule has 1 heterocycles. The summed E-state index contributed by atoms with van der Waals surface area (Å²) in [6.45, 7) is 2.20. The zero-order chi connectivity index (χ0) is 19.9. The zero-order valence-corrected chi connectivity index (χ0v) is 15.7. The molecule has 0 saturated carbocycles. The van der Waals surface area contributed by atoms with Gasteiger partial charge in [0.1, 0.15) is 28.9 Å². The Hall–Kier alpha value is -3.48. The Morgan fingerprint density at radius 2 is 1.86 bits per heavy atom. The number of carbonyl (C=O) groups excluding carboxylic acids is 1. The summed E-state index contributed by atoms with van der Waals surface area (Å²) in [6.07, 6.45) is 0.503. The van der Waals surface area contributed by atoms with E-state index in [1.54, 1.807) is 62.6 Å². The molecule has 0 fully saturated rings. The van der Waals surface area contributed by atoms with Crippen molar-refractivity contribution in [2.45, 2.75) is 13.3 Å². The maximum absolute atomic E-state index is 13.7. The molecule has 6 nitrogen and oxygen atoms in total. The van der Waals surface area contributed by atoms with Gasteiger partial charge in [-0.2, -0.15) is 0 Å². The fourth-order valence-corrected chi connectivity index (χ4v) is 2.67. The minimum absolute atomic E-state index is 0.234. The maximum Gasteiger partial charge on any atom is 0.274 e. The van der Waals surface area contributed by atoms with Crippen LogP contribution in [0.2, 0.25) is 0 Å². The van der Waals surface area contributed by atoms with E-state index in [0.29, 0.717) is 41.6 Å². The molecule has 2 N–H and O–H groups in total. The van der Waals surface area contributed by atoms with Crippen LogP contribution in [0.15, 0.2) is 54.6 Å². The third-order valence-corrected chi connectivity index (χ3v) is 4.08. The van der Waals surface area contributed by atoms with Gasteiger partial charge in [-0.1, -0.05) is 18.2 Å². The predicted molar refractivity (Wildman–Crippen MR) is 106 cm³/mol. The van der Waals surface area contributed by atoms with Gasteiger partial charge in [0, 0.05) is 18.3 Å². The van der Waals surface area contributed by atoms with Gasteiger partial charge in [0.15, 0.2) is 0 Å². The quantitative estimate of drug-likeness (QED) is 0.651. The van der Waals surface area contributed by atoms with Crippen molar-refractivity contribution in [2.75, 3.05) is 24.3 Å². The largest absolute Gasteiger partial charge is 0.497 e. The molecule has 0 saturated heterocycles. The monoisotopic (exact) mass is 380 g/mol. The Kier molecular flexibility index (Phi) is 6.16. The number of anilines is 2. The van der Waals surface area contributed by atoms with Crippen molar-refractivity contribution in [1.29, 1.82) is 0 Å². The lowest BCUT2D eigenvalue weighted by atomic mass is 10.1. The summed E-state index contributed by atoms with van der Waals surface area (Å²) < 4.78 is 18.8. The number of nitrogens with zero attached hydrogens (tertiary/aromatic N) is 2. The number of amides is 1. The predicted octanol–water partition coefficient (Wildman–Crippen LogP) is 3.84. The van der Waals surface area contributed by atoms with E-state index in [0.717, 1.165) is 0 Å². The van der Waals surface area contributed by atoms with Crippen molar-refractivity contribution >= 4 is 17.4 Å². The van der Waals surface area contributed by atoms with Gasteiger partial charge in [0.25, 0.3) is 5.91 Å². The summed E-state index contributed by atoms with van der Waals surface area (Å²) in [7, 11) is 1.58. The van der Waals surface area contributed by atoms with Crippen molar-refractivity contribution in [3.8, 4) is 5.75 Å². The van der Waals surface area contributed by atoms with Crippen molar-refractivity contribution < 1.29 is 13.9 Å². The first-order valence-electron chi connectivity index (χ1n) is 8.83. The zero-order valence-electron chi connectivity index (χ0n) is 15.7. The van der Waals surface area contributed by atoms with Gasteiger partial charge in [0.05, 0.1) is 7.11 Å². The Bertz CT molecular complexity index is 961. The van der Waals surface area contributed by atoms with Gasteiger partial charge in [-0.05, 0) is 49.2 Å². The first kappa shape index (κ1) is 19.3. The SMILES string of the molecule is COc1ccc(NC(=O)c2cc(NCCc3ccccc3F)nc(C)n2)cc1. The van der Waals surface area contributed by atoms with Crippen LogP contribution in [0.4, 0.5) is 15.9 Å². The number of methoxy groups -OCH3 is 1. The number of ether oxygens (including phenoxy) is 1. The summed E-state index contributed by atoms with van der Waals surface area (Å²) in [6, 6.07) is 15.2. The molecule has 0 aliphatic heterocycles. The Morgan fingerprint density at radius 1 is 1.11 bits per heavy atom. The van der Waals surface area contributed by atoms with Crippen LogP contribution in [0.25, 0.3) is 0 Å². The fraction of sp³-hybridized carbons (Fsp3) is 0.190. The molecule has 0 radical (unpaired) electrons. The summed E-state index contributed by atoms with van der Waals surface area (Å²) in [5, 5.41) is 5.91. The van der Waals surface area contributed by atoms with E-state index in [1.165, 1.54) is 6.07 Å². The number of nitrogens with one attached hydrogen (secondary N) is 2. The van der Waals surface area contributed by atoms with E-state index in [9.17, 15) is 9.18 Å². The van der Waals surface area contributed by atoms with Crippen LogP contribution in [0, 0.1) is 12.7 Å². The van der Waals surface area contributed by atoms with E-state index >= 15 is 0 Å². The number of hydrogen-bond donors (Lipinski definition) is 2. The second-order valence-electron chi connectivity index (χ2n) is 6.14. The smallest absolute Gasteiger partial charge is 0.274 e. The molecule has 3 aromatic rings. The standard InChI is InChI=1S/C21H21FN4O2/c1-14-24-19(21(27)26-16-7-9-17(28-2)10-8-16)13-20(25-14)23-12-11-15-5-3-4-6-18(15)22/h3-10,13H,11-12H2,1-2H3,(H,26,27)(H,23,24,25). The van der Waals surface area contributed by atoms with Crippen molar-refractivity contribution in [3.63, 3.8) is 0 Å². The molecule has 0 spiro atoms. The topological polar surface area (TPSA) is 76.1 Å². The summed E-state index contributed by atoms with van der Waals surface area (Å²) in [4.78, 5) is 21.0. The van der Waals surface area contributed by atoms with Crippen molar-refractivity contribution in [2.24, 2.45) is 0 Å². The lowest BCUT2D eigenvalue weighted by molar-refractivity contribution is 0.102. The van der Waals surface area contributed by atoms with Crippen LogP contribution in [0.1, 0.15) is 21.9 Å². The third kappa shape index (κ3) is 5.03. The average Bonchev–Trinajstić information content (AvgIpc) is 2.69. The summed E-state index contributed by atoms with van der Waals surface area (Å²) in [5.41, 5.74) is 1.51. The lowest BCUT2D eigenvalue weighted by Crippen LogP contribution is -2.16. The lowest BCUT2D eigenvalue weighted by Gasteiger charge is -2.10. The highest BCUT2D eigenvalue weighted by molar-refractivity contribution is 6.03. The molecule has 0 aliphatic carbocycles. The second kappa shape index (κ2) is 8.94. The minimum Gasteiger partial charge on any atom is -0.497 e. The van der Waals surface area contributed by atoms with Crippen molar-refractivity contribution in [3.05, 3.63) is 77.5 Å². The Morgan fingerprint density at radius 3 is 2.57 bits per heavy atom. The molecule has 144 valence electrons. The molecule has 1 amide bonds. The normalized spacial score (nSPS) is 10.4. The average molecular weight is 380 g/mol. The molecular formula is C21H21FN4O2. The van der Waals surface area contributed by atoms with Gasteiger partial charge in [-0.15, -0.1) is 0 Å². The number of aryl methyl sites for hydroxylation is 1. The molecule has 2 aromatic carbocycles. The number of rotatable bonds is 7. The summed E-state index contributed by atoms with van der Waals surface area (Å²) in [5.74, 6) is 1.12. The minimum atomic E-state index is -0.340. The van der Waals surface area contributed by atoms with E-state index in [2.05, 4.69) is 20.6 Å². The van der Waals surface area contributed by atoms with Crippen LogP contribution in [-0.2, 0) is 6.42 Å². The first-order valence-corrected chi connectivity index (χ1v) is 8.83. The molecule has 0 unspecified atom stereocenters. The van der Waals surface area contributed by atoms with Crippen molar-refractivity contribution in [1.82, 2.24) is 9.97 Å². The van der Waals surface area contributed by atoms with E-state index in [1.807, 2.05) is 0 Å². The molecule has 7 heteroatoms. The van der Waals surface area contributed by atoms with Crippen LogP contribution >= 0.6 is 0 Å². The van der Waals surface area contributed by atoms with E-state index in [4.69, 9.17) is 4.74 Å². The highest BCUT2D eigenvalue weighted by Gasteiger charge is 2.11. The maximum atomic E-state index is 13.7. The number of halogens is 1. The molecule has 28 heavy (non-hydrogen) atoms. The number of hydrogen-bond acceptors (Lipinski definition) is 5. The van der Waals surface area contributed by atoms with Gasteiger partial charge < -0.3 is 15.4 Å². The van der Waals surface area contributed by atoms with Gasteiger partial charge >= 0.3 is 0 Å². The van der Waals surface area contributed by atoms with Gasteiger partial charge in [-0.25, -0.2) is 14.4 Å². The Labute approximate surface area is 162 Å². The van der Waals surface area contributed by atoms with Gasteiger partial charge in [-0.3, -0.25) is 4.79 Å². The van der Waals surface area contributed by atoms with Crippen LogP contribution < -0.4 is 15.4 Å². The Balaban J connectivity index is 1.64. The molecule has 1 aromatic heterocycles. The highest BCUT2D eigenvalue weighted by atomic mass is 19.1. The van der Waals surface area contributed by atoms with Gasteiger partial charge in [0.2, 0.25) is 0 Å². The summed E-state index contributed by atoms with van der Waals surface area (Å²) >= 11 is 0. The van der Waals surface area contributed by atoms with E-state index in [-0.39, 0.29) is 17.4 Å². The fourth-order valence-electron chi connectivity index (χ4n) is 2.67. The number of benzene rings is 2. The van der Waals surface area contributed by atoms with Crippen LogP contribution in [0.3, 0.4) is 0 Å². The number of aromatic nitrogens is 2. The highest BCUT2D eigenvalue weighted by Crippen LogP contribution is 2.16. The second-order valence-corrected chi connectivity index (χ2v) is 6.14. The molecular weight excluding hydrogens is 359 g/mol. The number of carbonyl (C=O) groups is 1. The molecule has 0 bridgehead atoms. The van der Waals surface area contributed by atoms with E-state index < -0.39 is 0 Å². The van der Waals surface area contributed by atoms with Crippen LogP contribution in [-0.4, -0.2) is 29.5 Å². The molecule has 3 rings (SSSR count). The first-order chi connectivity index (χ1) is 13.5. The molecule has 0 atom stereocenters.